The van der Waals surface area contributed by atoms with Gasteiger partial charge in [-0.15, -0.1) is 10.2 Å². The van der Waals surface area contributed by atoms with Crippen LogP contribution in [-0.2, 0) is 12.8 Å². The van der Waals surface area contributed by atoms with Crippen molar-refractivity contribution in [3.8, 4) is 5.88 Å². The Hall–Kier alpha value is -4.46. The summed E-state index contributed by atoms with van der Waals surface area (Å²) in [5.74, 6) is -1.15. The molecule has 4 aliphatic rings. The van der Waals surface area contributed by atoms with Crippen LogP contribution in [0.15, 0.2) is 30.3 Å². The van der Waals surface area contributed by atoms with Gasteiger partial charge in [0.05, 0.1) is 18.1 Å². The molecule has 5 atom stereocenters. The minimum Gasteiger partial charge on any atom is -0.492 e. The van der Waals surface area contributed by atoms with Crippen molar-refractivity contribution < 1.29 is 19.8 Å². The SMILES string of the molecule is N=C1N[C@H]2[C@H](CNC(=O)c3ccc(O)nn3)NC(=N)N3CC(NC(=O)c4cccc5c4CCCC5)[C@@H](O)C23N1. The molecule has 0 bridgehead atoms. The van der Waals surface area contributed by atoms with E-state index in [-0.39, 0.29) is 42.5 Å². The van der Waals surface area contributed by atoms with E-state index >= 15 is 0 Å². The minimum atomic E-state index is -1.29. The molecule has 2 aromatic rings. The van der Waals surface area contributed by atoms with E-state index in [9.17, 15) is 19.8 Å². The zero-order valence-electron chi connectivity index (χ0n) is 21.0. The highest BCUT2D eigenvalue weighted by Gasteiger charge is 2.66. The van der Waals surface area contributed by atoms with E-state index in [2.05, 4.69) is 42.8 Å². The minimum absolute atomic E-state index is 0.00653. The molecule has 1 aromatic heterocycles. The van der Waals surface area contributed by atoms with Crippen molar-refractivity contribution in [1.82, 2.24) is 41.7 Å². The van der Waals surface area contributed by atoms with Gasteiger partial charge in [0.2, 0.25) is 5.88 Å². The van der Waals surface area contributed by atoms with E-state index in [1.807, 2.05) is 6.07 Å². The summed E-state index contributed by atoms with van der Waals surface area (Å²) < 4.78 is 0. The maximum Gasteiger partial charge on any atom is 0.271 e. The van der Waals surface area contributed by atoms with Crippen LogP contribution in [0.2, 0.25) is 0 Å². The van der Waals surface area contributed by atoms with Crippen molar-refractivity contribution in [3.05, 3.63) is 52.7 Å². The van der Waals surface area contributed by atoms with Crippen LogP contribution < -0.4 is 26.6 Å². The summed E-state index contributed by atoms with van der Waals surface area (Å²) in [4.78, 5) is 27.6. The number of nitrogens with zero attached hydrogens (tertiary/aromatic N) is 3. The Morgan fingerprint density at radius 1 is 1.10 bits per heavy atom. The average molecular weight is 535 g/mol. The number of rotatable bonds is 5. The van der Waals surface area contributed by atoms with Crippen molar-refractivity contribution in [1.29, 1.82) is 10.8 Å². The largest absolute Gasteiger partial charge is 0.492 e. The molecule has 2 unspecified atom stereocenters. The van der Waals surface area contributed by atoms with Crippen LogP contribution in [0, 0.1) is 10.8 Å². The first-order valence-electron chi connectivity index (χ1n) is 12.9. The average Bonchev–Trinajstić information content (AvgIpc) is 3.43. The fourth-order valence-corrected chi connectivity index (χ4v) is 6.28. The van der Waals surface area contributed by atoms with E-state index in [0.717, 1.165) is 31.2 Å². The van der Waals surface area contributed by atoms with Crippen LogP contribution in [0.1, 0.15) is 44.8 Å². The van der Waals surface area contributed by atoms with Crippen molar-refractivity contribution in [2.75, 3.05) is 13.1 Å². The normalized spacial score (nSPS) is 28.8. The van der Waals surface area contributed by atoms with E-state index in [1.54, 1.807) is 11.0 Å². The van der Waals surface area contributed by atoms with Gasteiger partial charge in [-0.2, -0.15) is 0 Å². The predicted molar refractivity (Wildman–Crippen MR) is 138 cm³/mol. The first-order valence-corrected chi connectivity index (χ1v) is 12.9. The van der Waals surface area contributed by atoms with Crippen LogP contribution in [0.4, 0.5) is 0 Å². The van der Waals surface area contributed by atoms with Crippen molar-refractivity contribution >= 4 is 23.7 Å². The molecule has 204 valence electrons. The summed E-state index contributed by atoms with van der Waals surface area (Å²) >= 11 is 0. The molecular formula is C25H30N10O4. The van der Waals surface area contributed by atoms with Crippen LogP contribution in [0.3, 0.4) is 0 Å². The number of aryl methyl sites for hydroxylation is 1. The van der Waals surface area contributed by atoms with E-state index in [1.165, 1.54) is 17.7 Å². The number of carbonyl (C=O) groups excluding carboxylic acids is 2. The fraction of sp³-hybridized carbons (Fsp3) is 0.440. The summed E-state index contributed by atoms with van der Waals surface area (Å²) in [5, 5.41) is 59.8. The monoisotopic (exact) mass is 534 g/mol. The maximum absolute atomic E-state index is 13.4. The molecule has 1 aliphatic carbocycles. The highest BCUT2D eigenvalue weighted by Crippen LogP contribution is 2.37. The van der Waals surface area contributed by atoms with Gasteiger partial charge in [0.1, 0.15) is 6.10 Å². The van der Waals surface area contributed by atoms with Gasteiger partial charge < -0.3 is 41.7 Å². The lowest BCUT2D eigenvalue weighted by molar-refractivity contribution is 0.00612. The smallest absolute Gasteiger partial charge is 0.271 e. The fourth-order valence-electron chi connectivity index (χ4n) is 6.28. The zero-order chi connectivity index (χ0) is 27.3. The topological polar surface area (TPSA) is 211 Å². The summed E-state index contributed by atoms with van der Waals surface area (Å²) in [6.45, 7) is 0.181. The number of aromatic nitrogens is 2. The Morgan fingerprint density at radius 2 is 1.92 bits per heavy atom. The van der Waals surface area contributed by atoms with Gasteiger partial charge in [0.25, 0.3) is 11.8 Å². The maximum atomic E-state index is 13.4. The van der Waals surface area contributed by atoms with Gasteiger partial charge in [0, 0.05) is 24.7 Å². The second kappa shape index (κ2) is 9.38. The van der Waals surface area contributed by atoms with Crippen LogP contribution in [0.5, 0.6) is 5.88 Å². The first-order chi connectivity index (χ1) is 18.8. The van der Waals surface area contributed by atoms with Gasteiger partial charge in [-0.25, -0.2) is 0 Å². The lowest BCUT2D eigenvalue weighted by Gasteiger charge is -2.49. The van der Waals surface area contributed by atoms with Gasteiger partial charge in [-0.05, 0) is 48.9 Å². The predicted octanol–water partition coefficient (Wildman–Crippen LogP) is -1.64. The molecule has 3 aliphatic heterocycles. The molecule has 39 heavy (non-hydrogen) atoms. The number of nitrogens with one attached hydrogen (secondary N) is 7. The number of aliphatic hydroxyl groups excluding tert-OH is 1. The first kappa shape index (κ1) is 24.9. The number of carbonyl (C=O) groups is 2. The summed E-state index contributed by atoms with van der Waals surface area (Å²) in [7, 11) is 0. The number of fused-ring (bicyclic) bond motifs is 1. The molecule has 3 saturated heterocycles. The molecule has 0 radical (unpaired) electrons. The number of guanidine groups is 2. The molecule has 4 heterocycles. The Labute approximate surface area is 223 Å². The van der Waals surface area contributed by atoms with Gasteiger partial charge in [-0.3, -0.25) is 20.4 Å². The molecule has 3 fully saturated rings. The van der Waals surface area contributed by atoms with Gasteiger partial charge >= 0.3 is 0 Å². The number of hydrogen-bond donors (Lipinski definition) is 9. The van der Waals surface area contributed by atoms with Gasteiger partial charge in [0.15, 0.2) is 23.3 Å². The quantitative estimate of drug-likeness (QED) is 0.214. The molecule has 9 N–H and O–H groups in total. The Morgan fingerprint density at radius 3 is 2.72 bits per heavy atom. The van der Waals surface area contributed by atoms with Crippen molar-refractivity contribution in [2.24, 2.45) is 0 Å². The molecule has 1 spiro atoms. The Bertz CT molecular complexity index is 1350. The highest BCUT2D eigenvalue weighted by molar-refractivity contribution is 5.97. The number of benzene rings is 1. The third kappa shape index (κ3) is 4.07. The molecule has 6 rings (SSSR count). The van der Waals surface area contributed by atoms with Gasteiger partial charge in [-0.1, -0.05) is 12.1 Å². The summed E-state index contributed by atoms with van der Waals surface area (Å²) in [6.07, 6.45) is 2.73. The van der Waals surface area contributed by atoms with E-state index in [4.69, 9.17) is 10.8 Å². The van der Waals surface area contributed by atoms with E-state index in [0.29, 0.717) is 5.56 Å². The molecule has 2 amide bonds. The van der Waals surface area contributed by atoms with E-state index < -0.39 is 35.8 Å². The molecule has 14 nitrogen and oxygen atoms in total. The molecular weight excluding hydrogens is 504 g/mol. The second-order valence-electron chi connectivity index (χ2n) is 10.3. The second-order valence-corrected chi connectivity index (χ2v) is 10.3. The Kier molecular flexibility index (Phi) is 5.98. The standard InChI is InChI=1S/C25H30N10O4/c26-23-31-19-16(10-28-22(39)15-8-9-18(36)34-33-15)30-24(27)35-11-17(20(37)25(19,35)32-23)29-21(38)14-7-3-5-12-4-1-2-6-13(12)14/h3,5,7-9,16-17,19-20,37H,1-2,4,6,10-11H2,(H2,27,30)(H,28,39)(H,29,38)(H,34,36)(H3,26,31,32)/t16-,17?,19-,20+,25?/m0/s1. The number of aromatic hydroxyl groups is 1. The third-order valence-corrected chi connectivity index (χ3v) is 8.07. The third-order valence-electron chi connectivity index (χ3n) is 8.07. The number of hydrogen-bond acceptors (Lipinski definition) is 8. The number of amides is 2. The molecule has 0 saturated carbocycles. The van der Waals surface area contributed by atoms with Crippen molar-refractivity contribution in [3.63, 3.8) is 0 Å². The molecule has 1 aromatic carbocycles. The lowest BCUT2D eigenvalue weighted by atomic mass is 9.86. The Balaban J connectivity index is 1.21. The lowest BCUT2D eigenvalue weighted by Crippen LogP contribution is -2.78. The van der Waals surface area contributed by atoms with Crippen LogP contribution in [-0.4, -0.2) is 92.0 Å². The zero-order valence-corrected chi connectivity index (χ0v) is 21.0. The van der Waals surface area contributed by atoms with Crippen LogP contribution in [0.25, 0.3) is 0 Å². The molecule has 14 heteroatoms. The summed E-state index contributed by atoms with van der Waals surface area (Å²) in [6, 6.07) is 6.38. The number of aliphatic hydroxyl groups is 1. The van der Waals surface area contributed by atoms with Crippen LogP contribution >= 0.6 is 0 Å². The van der Waals surface area contributed by atoms with Crippen molar-refractivity contribution in [2.45, 2.75) is 55.6 Å². The highest BCUT2D eigenvalue weighted by atomic mass is 16.3. The summed E-state index contributed by atoms with van der Waals surface area (Å²) in [5.41, 5.74) is 1.55.